The molecule has 0 bridgehead atoms. The summed E-state index contributed by atoms with van der Waals surface area (Å²) in [6, 6.07) is 5.69. The maximum absolute atomic E-state index is 9.91. The van der Waals surface area contributed by atoms with E-state index in [0.717, 1.165) is 10.1 Å². The van der Waals surface area contributed by atoms with Crippen LogP contribution in [0.4, 0.5) is 0 Å². The van der Waals surface area contributed by atoms with E-state index in [-0.39, 0.29) is 5.75 Å². The molecule has 0 fully saturated rings. The molecule has 2 aromatic rings. The molecule has 3 N–H and O–H groups in total. The number of thiophene rings is 1. The van der Waals surface area contributed by atoms with Gasteiger partial charge in [0.15, 0.2) is 0 Å². The highest BCUT2D eigenvalue weighted by molar-refractivity contribution is 7.17. The van der Waals surface area contributed by atoms with Crippen LogP contribution in [0.15, 0.2) is 28.7 Å². The number of hydrazone groups is 1. The smallest absolute Gasteiger partial charge is 0.133 e. The summed E-state index contributed by atoms with van der Waals surface area (Å²) in [5.41, 5.74) is 1.33. The summed E-state index contributed by atoms with van der Waals surface area (Å²) >= 11 is 1.60. The van der Waals surface area contributed by atoms with E-state index < -0.39 is 0 Å². The highest BCUT2D eigenvalue weighted by Gasteiger charge is 2.08. The van der Waals surface area contributed by atoms with E-state index in [4.69, 9.17) is 5.84 Å². The van der Waals surface area contributed by atoms with Gasteiger partial charge in [-0.3, -0.25) is 0 Å². The molecule has 0 saturated carbocycles. The van der Waals surface area contributed by atoms with Gasteiger partial charge >= 0.3 is 0 Å². The second-order valence-corrected chi connectivity index (χ2v) is 3.96. The fourth-order valence-corrected chi connectivity index (χ4v) is 2.18. The van der Waals surface area contributed by atoms with Crippen molar-refractivity contribution in [1.82, 2.24) is 0 Å². The zero-order valence-electron chi connectivity index (χ0n) is 7.69. The summed E-state index contributed by atoms with van der Waals surface area (Å²) in [5.74, 6) is 5.43. The zero-order valence-corrected chi connectivity index (χ0v) is 8.51. The van der Waals surface area contributed by atoms with Crippen LogP contribution in [0.5, 0.6) is 5.75 Å². The van der Waals surface area contributed by atoms with Crippen molar-refractivity contribution >= 4 is 27.1 Å². The normalized spacial score (nSPS) is 12.2. The Hall–Kier alpha value is -1.55. The highest BCUT2D eigenvalue weighted by Crippen LogP contribution is 2.32. The van der Waals surface area contributed by atoms with Gasteiger partial charge in [0, 0.05) is 15.6 Å². The lowest BCUT2D eigenvalue weighted by atomic mass is 10.1. The number of fused-ring (bicyclic) bond motifs is 1. The van der Waals surface area contributed by atoms with Crippen molar-refractivity contribution in [3.63, 3.8) is 0 Å². The summed E-state index contributed by atoms with van der Waals surface area (Å²) < 4.78 is 1.07. The minimum absolute atomic E-state index is 0.260. The molecule has 2 rings (SSSR count). The van der Waals surface area contributed by atoms with E-state index in [1.165, 1.54) is 0 Å². The number of phenolic OH excluding ortho intramolecular Hbond substituents is 1. The molecule has 72 valence electrons. The van der Waals surface area contributed by atoms with E-state index in [0.29, 0.717) is 11.3 Å². The Balaban J connectivity index is 2.74. The van der Waals surface area contributed by atoms with Crippen LogP contribution in [0.25, 0.3) is 10.1 Å². The van der Waals surface area contributed by atoms with Gasteiger partial charge < -0.3 is 10.9 Å². The molecule has 0 atom stereocenters. The van der Waals surface area contributed by atoms with Crippen LogP contribution in [0.1, 0.15) is 12.5 Å². The van der Waals surface area contributed by atoms with Crippen LogP contribution in [0, 0.1) is 0 Å². The summed E-state index contributed by atoms with van der Waals surface area (Å²) in [6.07, 6.45) is 0. The highest BCUT2D eigenvalue weighted by atomic mass is 32.1. The minimum atomic E-state index is 0.260. The molecular formula is C10H10N2OS. The Bertz CT molecular complexity index is 502. The lowest BCUT2D eigenvalue weighted by molar-refractivity contribution is 0.480. The molecule has 14 heavy (non-hydrogen) atoms. The SMILES string of the molecule is CC(=NN)c1ccc2sccc2c1O. The Morgan fingerprint density at radius 3 is 2.93 bits per heavy atom. The average Bonchev–Trinajstić information content (AvgIpc) is 2.66. The largest absolute Gasteiger partial charge is 0.507 e. The molecular weight excluding hydrogens is 196 g/mol. The average molecular weight is 206 g/mol. The van der Waals surface area contributed by atoms with Crippen LogP contribution in [0.3, 0.4) is 0 Å². The van der Waals surface area contributed by atoms with Crippen LogP contribution >= 0.6 is 11.3 Å². The van der Waals surface area contributed by atoms with Gasteiger partial charge in [-0.25, -0.2) is 0 Å². The molecule has 0 spiro atoms. The van der Waals surface area contributed by atoms with Crippen molar-refractivity contribution in [1.29, 1.82) is 0 Å². The number of nitrogens with two attached hydrogens (primary N) is 1. The number of nitrogens with zero attached hydrogens (tertiary/aromatic N) is 1. The number of aromatic hydroxyl groups is 1. The second kappa shape index (κ2) is 3.31. The van der Waals surface area contributed by atoms with Gasteiger partial charge in [-0.15, -0.1) is 11.3 Å². The van der Waals surface area contributed by atoms with Crippen molar-refractivity contribution in [2.24, 2.45) is 10.9 Å². The van der Waals surface area contributed by atoms with Crippen molar-refractivity contribution in [3.8, 4) is 5.75 Å². The lowest BCUT2D eigenvalue weighted by Crippen LogP contribution is -1.98. The third-order valence-electron chi connectivity index (χ3n) is 2.19. The molecule has 3 nitrogen and oxygen atoms in total. The molecule has 0 saturated heterocycles. The van der Waals surface area contributed by atoms with E-state index >= 15 is 0 Å². The van der Waals surface area contributed by atoms with Crippen molar-refractivity contribution in [3.05, 3.63) is 29.1 Å². The van der Waals surface area contributed by atoms with Crippen LogP contribution in [-0.2, 0) is 0 Å². The Kier molecular flexibility index (Phi) is 2.13. The van der Waals surface area contributed by atoms with Gasteiger partial charge in [-0.2, -0.15) is 5.10 Å². The first-order valence-corrected chi connectivity index (χ1v) is 5.06. The molecule has 0 aliphatic heterocycles. The van der Waals surface area contributed by atoms with Crippen molar-refractivity contribution in [2.45, 2.75) is 6.92 Å². The third kappa shape index (κ3) is 1.24. The molecule has 0 aliphatic rings. The van der Waals surface area contributed by atoms with Crippen LogP contribution in [0.2, 0.25) is 0 Å². The molecule has 0 unspecified atom stereocenters. The van der Waals surface area contributed by atoms with Gasteiger partial charge in [0.2, 0.25) is 0 Å². The molecule has 0 radical (unpaired) electrons. The Morgan fingerprint density at radius 2 is 2.21 bits per heavy atom. The Labute approximate surface area is 85.5 Å². The van der Waals surface area contributed by atoms with E-state index in [1.54, 1.807) is 18.3 Å². The molecule has 0 aliphatic carbocycles. The number of phenols is 1. The van der Waals surface area contributed by atoms with Crippen molar-refractivity contribution < 1.29 is 5.11 Å². The predicted molar refractivity (Wildman–Crippen MR) is 59.9 cm³/mol. The van der Waals surface area contributed by atoms with Gasteiger partial charge in [0.1, 0.15) is 5.75 Å². The number of rotatable bonds is 1. The standard InChI is InChI=1S/C10H10N2OS/c1-6(12-11)7-2-3-9-8(10(7)13)4-5-14-9/h2-5,13H,11H2,1H3. The van der Waals surface area contributed by atoms with E-state index in [1.807, 2.05) is 23.6 Å². The fraction of sp³-hybridized carbons (Fsp3) is 0.100. The van der Waals surface area contributed by atoms with Gasteiger partial charge in [-0.1, -0.05) is 0 Å². The summed E-state index contributed by atoms with van der Waals surface area (Å²) in [6.45, 7) is 1.77. The molecule has 1 aromatic heterocycles. The summed E-state index contributed by atoms with van der Waals surface area (Å²) in [7, 11) is 0. The summed E-state index contributed by atoms with van der Waals surface area (Å²) in [5, 5.41) is 16.3. The third-order valence-corrected chi connectivity index (χ3v) is 3.07. The molecule has 4 heteroatoms. The first kappa shape index (κ1) is 9.02. The van der Waals surface area contributed by atoms with Crippen LogP contribution < -0.4 is 5.84 Å². The van der Waals surface area contributed by atoms with Gasteiger partial charge in [0.05, 0.1) is 5.71 Å². The molecule has 1 heterocycles. The number of hydrogen-bond donors (Lipinski definition) is 2. The predicted octanol–water partition coefficient (Wildman–Crippen LogP) is 2.29. The van der Waals surface area contributed by atoms with Crippen molar-refractivity contribution in [2.75, 3.05) is 0 Å². The second-order valence-electron chi connectivity index (χ2n) is 3.01. The fourth-order valence-electron chi connectivity index (χ4n) is 1.39. The van der Waals surface area contributed by atoms with Gasteiger partial charge in [0.25, 0.3) is 0 Å². The maximum Gasteiger partial charge on any atom is 0.133 e. The van der Waals surface area contributed by atoms with Gasteiger partial charge in [-0.05, 0) is 30.5 Å². The Morgan fingerprint density at radius 1 is 1.43 bits per heavy atom. The van der Waals surface area contributed by atoms with E-state index in [9.17, 15) is 5.11 Å². The van der Waals surface area contributed by atoms with Crippen LogP contribution in [-0.4, -0.2) is 10.8 Å². The molecule has 0 amide bonds. The topological polar surface area (TPSA) is 58.6 Å². The summed E-state index contributed by atoms with van der Waals surface area (Å²) in [4.78, 5) is 0. The number of benzene rings is 1. The van der Waals surface area contributed by atoms with E-state index in [2.05, 4.69) is 5.10 Å². The number of hydrogen-bond acceptors (Lipinski definition) is 4. The first-order valence-electron chi connectivity index (χ1n) is 4.18. The minimum Gasteiger partial charge on any atom is -0.507 e. The lowest BCUT2D eigenvalue weighted by Gasteiger charge is -2.03. The maximum atomic E-state index is 9.91. The quantitative estimate of drug-likeness (QED) is 0.427. The first-order chi connectivity index (χ1) is 6.74. The zero-order chi connectivity index (χ0) is 10.1. The molecule has 1 aromatic carbocycles. The monoisotopic (exact) mass is 206 g/mol.